The maximum atomic E-state index is 12.1. The molecule has 0 unspecified atom stereocenters. The van der Waals surface area contributed by atoms with E-state index in [4.69, 9.17) is 5.11 Å². The van der Waals surface area contributed by atoms with Crippen molar-refractivity contribution in [3.63, 3.8) is 0 Å². The summed E-state index contributed by atoms with van der Waals surface area (Å²) in [6.07, 6.45) is 0.323. The van der Waals surface area contributed by atoms with Gasteiger partial charge >= 0.3 is 11.7 Å². The van der Waals surface area contributed by atoms with Crippen molar-refractivity contribution in [1.29, 1.82) is 0 Å². The van der Waals surface area contributed by atoms with Crippen molar-refractivity contribution in [2.75, 3.05) is 18.0 Å². The highest BCUT2D eigenvalue weighted by Gasteiger charge is 2.29. The van der Waals surface area contributed by atoms with Gasteiger partial charge < -0.3 is 25.1 Å². The average molecular weight is 497 g/mol. The van der Waals surface area contributed by atoms with E-state index in [1.54, 1.807) is 0 Å². The van der Waals surface area contributed by atoms with Crippen LogP contribution in [0.3, 0.4) is 0 Å². The smallest absolute Gasteiger partial charge is 0.329 e. The number of nitrogens with one attached hydrogen (secondary N) is 2. The zero-order chi connectivity index (χ0) is 21.6. The third-order valence-electron chi connectivity index (χ3n) is 4.63. The molecule has 0 amide bonds. The van der Waals surface area contributed by atoms with Crippen LogP contribution in [0.4, 0.5) is 5.82 Å². The first-order valence-corrected chi connectivity index (χ1v) is 10.6. The predicted molar refractivity (Wildman–Crippen MR) is 112 cm³/mol. The maximum Gasteiger partial charge on any atom is 0.329 e. The van der Waals surface area contributed by atoms with Gasteiger partial charge in [-0.15, -0.1) is 0 Å². The van der Waals surface area contributed by atoms with E-state index in [0.717, 1.165) is 39.8 Å². The molecule has 0 aromatic carbocycles. The summed E-state index contributed by atoms with van der Waals surface area (Å²) >= 11 is 4.58. The van der Waals surface area contributed by atoms with Crippen LogP contribution in [0.15, 0.2) is 30.3 Å². The fourth-order valence-corrected chi connectivity index (χ4v) is 4.66. The van der Waals surface area contributed by atoms with Crippen LogP contribution in [0.25, 0.3) is 11.0 Å². The molecular weight excluding hydrogens is 480 g/mol. The van der Waals surface area contributed by atoms with Gasteiger partial charge in [0.25, 0.3) is 5.56 Å². The molecule has 0 aliphatic carbocycles. The second-order valence-electron chi connectivity index (χ2n) is 6.74. The van der Waals surface area contributed by atoms with Crippen molar-refractivity contribution >= 4 is 50.5 Å². The Hall–Kier alpha value is -2.64. The third kappa shape index (κ3) is 3.75. The second-order valence-corrected chi connectivity index (χ2v) is 8.54. The van der Waals surface area contributed by atoms with Gasteiger partial charge in [0.15, 0.2) is 5.16 Å². The Morgan fingerprint density at radius 3 is 2.67 bits per heavy atom. The van der Waals surface area contributed by atoms with Crippen LogP contribution >= 0.6 is 27.7 Å². The summed E-state index contributed by atoms with van der Waals surface area (Å²) in [4.78, 5) is 51.8. The van der Waals surface area contributed by atoms with Gasteiger partial charge in [0.05, 0.1) is 21.0 Å². The monoisotopic (exact) mass is 496 g/mol. The molecule has 3 aromatic heterocycles. The topological polar surface area (TPSA) is 157 Å². The molecule has 0 radical (unpaired) electrons. The summed E-state index contributed by atoms with van der Waals surface area (Å²) < 4.78 is 1.46. The molecule has 0 bridgehead atoms. The zero-order valence-electron chi connectivity index (χ0n) is 15.7. The Morgan fingerprint density at radius 2 is 2.07 bits per heavy atom. The van der Waals surface area contributed by atoms with E-state index in [2.05, 4.69) is 35.9 Å². The van der Waals surface area contributed by atoms with Crippen LogP contribution < -0.4 is 16.1 Å². The lowest BCUT2D eigenvalue weighted by atomic mass is 10.1. The standard InChI is InChI=1S/C17H17BrN6O5S/c1-2-8-13(18)12-14(19-8)21-16(22-15(12)23-4-7(25)5-23)30-9-3-10(26)24(6-11(27)28)17(29)20-9/h3,7,25H,2,4-6H2,1H3,(H,20,29)(H,27,28)(H,19,21,22). The van der Waals surface area contributed by atoms with Crippen LogP contribution in [0.1, 0.15) is 12.6 Å². The normalized spacial score (nSPS) is 14.3. The molecule has 158 valence electrons. The van der Waals surface area contributed by atoms with Crippen molar-refractivity contribution in [2.45, 2.75) is 36.2 Å². The number of H-pyrrole nitrogens is 2. The van der Waals surface area contributed by atoms with Gasteiger partial charge in [-0.1, -0.05) is 6.92 Å². The predicted octanol–water partition coefficient (Wildman–Crippen LogP) is 0.550. The Labute approximate surface area is 181 Å². The molecule has 0 atom stereocenters. The van der Waals surface area contributed by atoms with Crippen molar-refractivity contribution in [1.82, 2.24) is 24.5 Å². The SMILES string of the molecule is CCc1[nH]c2nc(Sc3cc(=O)n(CC(=O)O)c(=O)[nH]3)nc(N3CC(O)C3)c2c1Br. The van der Waals surface area contributed by atoms with Crippen molar-refractivity contribution in [3.8, 4) is 0 Å². The number of nitrogens with zero attached hydrogens (tertiary/aromatic N) is 4. The molecule has 13 heteroatoms. The summed E-state index contributed by atoms with van der Waals surface area (Å²) in [6, 6.07) is 1.14. The lowest BCUT2D eigenvalue weighted by molar-refractivity contribution is -0.137. The minimum atomic E-state index is -1.29. The van der Waals surface area contributed by atoms with E-state index in [-0.39, 0.29) is 5.03 Å². The van der Waals surface area contributed by atoms with Gasteiger partial charge in [-0.3, -0.25) is 9.59 Å². The quantitative estimate of drug-likeness (QED) is 0.282. The number of carboxylic acid groups (broad SMARTS) is 1. The molecule has 3 aromatic rings. The minimum Gasteiger partial charge on any atom is -0.480 e. The highest BCUT2D eigenvalue weighted by atomic mass is 79.9. The maximum absolute atomic E-state index is 12.1. The van der Waals surface area contributed by atoms with Gasteiger partial charge in [-0.25, -0.2) is 19.3 Å². The summed E-state index contributed by atoms with van der Waals surface area (Å²) in [5.41, 5.74) is -0.00946. The highest BCUT2D eigenvalue weighted by Crippen LogP contribution is 2.37. The lowest BCUT2D eigenvalue weighted by Gasteiger charge is -2.37. The molecule has 11 nitrogen and oxygen atoms in total. The number of rotatable bonds is 6. The lowest BCUT2D eigenvalue weighted by Crippen LogP contribution is -2.51. The van der Waals surface area contributed by atoms with Crippen LogP contribution in [-0.2, 0) is 17.8 Å². The Morgan fingerprint density at radius 1 is 1.33 bits per heavy atom. The zero-order valence-corrected chi connectivity index (χ0v) is 18.1. The Balaban J connectivity index is 1.76. The second kappa shape index (κ2) is 7.89. The molecule has 1 fully saturated rings. The largest absolute Gasteiger partial charge is 0.480 e. The molecule has 4 heterocycles. The molecule has 4 N–H and O–H groups in total. The first kappa shape index (κ1) is 20.6. The number of aliphatic hydroxyl groups excluding tert-OH is 1. The fourth-order valence-electron chi connectivity index (χ4n) is 3.15. The van der Waals surface area contributed by atoms with E-state index in [0.29, 0.717) is 34.3 Å². The average Bonchev–Trinajstić information content (AvgIpc) is 2.97. The summed E-state index contributed by atoms with van der Waals surface area (Å²) in [6.45, 7) is 2.16. The van der Waals surface area contributed by atoms with Crippen LogP contribution in [-0.4, -0.2) is 59.9 Å². The number of carboxylic acids is 1. The van der Waals surface area contributed by atoms with Gasteiger partial charge in [-0.2, -0.15) is 0 Å². The van der Waals surface area contributed by atoms with Crippen molar-refractivity contribution in [2.24, 2.45) is 0 Å². The van der Waals surface area contributed by atoms with Crippen LogP contribution in [0, 0.1) is 0 Å². The molecule has 0 saturated carbocycles. The molecule has 1 aliphatic heterocycles. The Kier molecular flexibility index (Phi) is 5.42. The van der Waals surface area contributed by atoms with Gasteiger partial charge in [0.1, 0.15) is 18.0 Å². The van der Waals surface area contributed by atoms with Crippen molar-refractivity contribution < 1.29 is 15.0 Å². The van der Waals surface area contributed by atoms with Crippen LogP contribution in [0.5, 0.6) is 0 Å². The van der Waals surface area contributed by atoms with E-state index >= 15 is 0 Å². The molecule has 4 rings (SSSR count). The number of halogens is 1. The van der Waals surface area contributed by atoms with Gasteiger partial charge in [0, 0.05) is 24.8 Å². The molecule has 1 aliphatic rings. The number of aromatic nitrogens is 5. The fraction of sp³-hybridized carbons (Fsp3) is 0.353. The number of aliphatic hydroxyl groups is 1. The van der Waals surface area contributed by atoms with Gasteiger partial charge in [0.2, 0.25) is 0 Å². The number of β-amino-alcohol motifs (C(OH)–C–C–N with tert-alkyl or cyclic N) is 1. The number of fused-ring (bicyclic) bond motifs is 1. The number of aryl methyl sites for hydroxylation is 1. The molecule has 30 heavy (non-hydrogen) atoms. The van der Waals surface area contributed by atoms with Crippen molar-refractivity contribution in [3.05, 3.63) is 37.1 Å². The number of hydrogen-bond acceptors (Lipinski definition) is 8. The number of aliphatic carboxylic acids is 1. The summed E-state index contributed by atoms with van der Waals surface area (Å²) in [7, 11) is 0. The highest BCUT2D eigenvalue weighted by molar-refractivity contribution is 9.10. The molecule has 1 saturated heterocycles. The number of hydrogen-bond donors (Lipinski definition) is 4. The first-order chi connectivity index (χ1) is 14.3. The third-order valence-corrected chi connectivity index (χ3v) is 6.31. The molecule has 0 spiro atoms. The van der Waals surface area contributed by atoms with Gasteiger partial charge in [-0.05, 0) is 34.1 Å². The van der Waals surface area contributed by atoms with E-state index in [1.807, 2.05) is 11.8 Å². The minimum absolute atomic E-state index is 0.196. The van der Waals surface area contributed by atoms with E-state index in [9.17, 15) is 19.5 Å². The number of carbonyl (C=O) groups is 1. The van der Waals surface area contributed by atoms with Crippen LogP contribution in [0.2, 0.25) is 0 Å². The van der Waals surface area contributed by atoms with E-state index in [1.165, 1.54) is 0 Å². The summed E-state index contributed by atoms with van der Waals surface area (Å²) in [5.74, 6) is -0.653. The summed E-state index contributed by atoms with van der Waals surface area (Å²) in [5, 5.41) is 19.8. The Bertz CT molecular complexity index is 1230. The number of anilines is 1. The number of aromatic amines is 2. The molecular formula is C17H17BrN6O5S. The van der Waals surface area contributed by atoms with E-state index < -0.39 is 29.9 Å². The first-order valence-electron chi connectivity index (χ1n) is 9.01.